The summed E-state index contributed by atoms with van der Waals surface area (Å²) >= 11 is 2.22. The molecule has 66 valence electrons. The maximum Gasteiger partial charge on any atom is 0.0670 e. The number of nitrogens with two attached hydrogens (primary N) is 1. The van der Waals surface area contributed by atoms with E-state index in [2.05, 4.69) is 22.6 Å². The van der Waals surface area contributed by atoms with Gasteiger partial charge in [0.2, 0.25) is 0 Å². The SMILES string of the molecule is C[C@H](O)C(I)c1ccc(N)cc1. The van der Waals surface area contributed by atoms with Gasteiger partial charge in [-0.05, 0) is 24.6 Å². The minimum Gasteiger partial charge on any atom is -0.399 e. The zero-order chi connectivity index (χ0) is 9.14. The van der Waals surface area contributed by atoms with Gasteiger partial charge in [0.15, 0.2) is 0 Å². The van der Waals surface area contributed by atoms with Gasteiger partial charge in [-0.1, -0.05) is 34.7 Å². The molecule has 1 rings (SSSR count). The van der Waals surface area contributed by atoms with Crippen LogP contribution in [0.1, 0.15) is 16.4 Å². The van der Waals surface area contributed by atoms with E-state index in [0.29, 0.717) is 0 Å². The van der Waals surface area contributed by atoms with Gasteiger partial charge in [-0.3, -0.25) is 0 Å². The van der Waals surface area contributed by atoms with Crippen LogP contribution in [0.5, 0.6) is 0 Å². The van der Waals surface area contributed by atoms with Crippen molar-refractivity contribution in [3.63, 3.8) is 0 Å². The van der Waals surface area contributed by atoms with Crippen molar-refractivity contribution in [2.45, 2.75) is 17.0 Å². The molecular weight excluding hydrogens is 265 g/mol. The fourth-order valence-corrected chi connectivity index (χ4v) is 1.37. The molecule has 3 N–H and O–H groups in total. The van der Waals surface area contributed by atoms with E-state index in [1.54, 1.807) is 6.92 Å². The van der Waals surface area contributed by atoms with Crippen LogP contribution in [0.15, 0.2) is 24.3 Å². The van der Waals surface area contributed by atoms with Gasteiger partial charge in [-0.25, -0.2) is 0 Å². The van der Waals surface area contributed by atoms with Crippen LogP contribution in [0, 0.1) is 0 Å². The molecule has 0 saturated carbocycles. The zero-order valence-corrected chi connectivity index (χ0v) is 9.02. The minimum absolute atomic E-state index is 0.142. The normalized spacial score (nSPS) is 15.6. The Labute approximate surface area is 85.9 Å². The molecule has 0 bridgehead atoms. The molecule has 3 heteroatoms. The topological polar surface area (TPSA) is 46.2 Å². The third-order valence-corrected chi connectivity index (χ3v) is 3.44. The van der Waals surface area contributed by atoms with E-state index in [1.165, 1.54) is 0 Å². The first kappa shape index (κ1) is 9.80. The lowest BCUT2D eigenvalue weighted by Gasteiger charge is -2.12. The first-order valence-corrected chi connectivity index (χ1v) is 5.03. The summed E-state index contributed by atoms with van der Waals surface area (Å²) < 4.78 is 0.142. The van der Waals surface area contributed by atoms with Crippen molar-refractivity contribution in [3.05, 3.63) is 29.8 Å². The number of aliphatic hydroxyl groups is 1. The summed E-state index contributed by atoms with van der Waals surface area (Å²) in [6, 6.07) is 7.59. The van der Waals surface area contributed by atoms with Gasteiger partial charge >= 0.3 is 0 Å². The van der Waals surface area contributed by atoms with Gasteiger partial charge < -0.3 is 10.8 Å². The monoisotopic (exact) mass is 277 g/mol. The fourth-order valence-electron chi connectivity index (χ4n) is 0.958. The molecule has 0 aliphatic rings. The Morgan fingerprint density at radius 3 is 2.25 bits per heavy atom. The van der Waals surface area contributed by atoms with Crippen molar-refractivity contribution in [1.82, 2.24) is 0 Å². The first-order valence-electron chi connectivity index (χ1n) is 3.79. The van der Waals surface area contributed by atoms with Crippen LogP contribution < -0.4 is 5.73 Å². The van der Waals surface area contributed by atoms with E-state index in [-0.39, 0.29) is 10.0 Å². The highest BCUT2D eigenvalue weighted by Crippen LogP contribution is 2.27. The molecular formula is C9H12INO. The Balaban J connectivity index is 2.82. The summed E-state index contributed by atoms with van der Waals surface area (Å²) in [5, 5.41) is 9.30. The van der Waals surface area contributed by atoms with Gasteiger partial charge in [-0.15, -0.1) is 0 Å². The largest absolute Gasteiger partial charge is 0.399 e. The third-order valence-electron chi connectivity index (χ3n) is 1.68. The summed E-state index contributed by atoms with van der Waals surface area (Å²) in [6.45, 7) is 1.79. The van der Waals surface area contributed by atoms with Gasteiger partial charge in [0.05, 0.1) is 10.0 Å². The second kappa shape index (κ2) is 4.09. The molecule has 1 aromatic rings. The Morgan fingerprint density at radius 1 is 1.33 bits per heavy atom. The number of nitrogen functional groups attached to an aromatic ring is 1. The molecule has 1 aromatic carbocycles. The van der Waals surface area contributed by atoms with Crippen LogP contribution in [0.2, 0.25) is 0 Å². The fraction of sp³-hybridized carbons (Fsp3) is 0.333. The van der Waals surface area contributed by atoms with Crippen LogP contribution in [0.4, 0.5) is 5.69 Å². The zero-order valence-electron chi connectivity index (χ0n) is 6.87. The van der Waals surface area contributed by atoms with Crippen molar-refractivity contribution in [2.75, 3.05) is 5.73 Å². The van der Waals surface area contributed by atoms with Crippen LogP contribution in [-0.4, -0.2) is 11.2 Å². The summed E-state index contributed by atoms with van der Waals surface area (Å²) in [6.07, 6.45) is -0.325. The second-order valence-corrected chi connectivity index (χ2v) is 4.15. The van der Waals surface area contributed by atoms with Gasteiger partial charge in [0.1, 0.15) is 0 Å². The number of hydrogen-bond acceptors (Lipinski definition) is 2. The quantitative estimate of drug-likeness (QED) is 0.494. The highest BCUT2D eigenvalue weighted by molar-refractivity contribution is 14.1. The molecule has 0 aliphatic heterocycles. The van der Waals surface area contributed by atoms with Crippen LogP contribution in [0.25, 0.3) is 0 Å². The lowest BCUT2D eigenvalue weighted by Crippen LogP contribution is -2.07. The Bertz CT molecular complexity index is 245. The Morgan fingerprint density at radius 2 is 1.83 bits per heavy atom. The molecule has 0 aromatic heterocycles. The van der Waals surface area contributed by atoms with E-state index < -0.39 is 0 Å². The standard InChI is InChI=1S/C9H12INO/c1-6(12)9(10)7-2-4-8(11)5-3-7/h2-6,9,12H,11H2,1H3/t6-,9?/m0/s1. The number of anilines is 1. The highest BCUT2D eigenvalue weighted by Gasteiger charge is 2.12. The molecule has 0 fully saturated rings. The predicted octanol–water partition coefficient (Wildman–Crippen LogP) is 2.13. The Hall–Kier alpha value is -0.290. The van der Waals surface area contributed by atoms with Crippen LogP contribution >= 0.6 is 22.6 Å². The highest BCUT2D eigenvalue weighted by atomic mass is 127. The van der Waals surface area contributed by atoms with E-state index in [0.717, 1.165) is 11.3 Å². The summed E-state index contributed by atoms with van der Waals surface area (Å²) in [7, 11) is 0. The second-order valence-electron chi connectivity index (χ2n) is 2.81. The molecule has 0 heterocycles. The van der Waals surface area contributed by atoms with Crippen molar-refractivity contribution in [2.24, 2.45) is 0 Å². The molecule has 12 heavy (non-hydrogen) atoms. The van der Waals surface area contributed by atoms with Crippen molar-refractivity contribution in [3.8, 4) is 0 Å². The number of halogens is 1. The number of rotatable bonds is 2. The molecule has 2 nitrogen and oxygen atoms in total. The van der Waals surface area contributed by atoms with E-state index in [9.17, 15) is 5.11 Å². The minimum atomic E-state index is -0.325. The maximum absolute atomic E-state index is 9.30. The number of benzene rings is 1. The molecule has 0 radical (unpaired) electrons. The average Bonchev–Trinajstić information content (AvgIpc) is 2.04. The van der Waals surface area contributed by atoms with Crippen LogP contribution in [-0.2, 0) is 0 Å². The maximum atomic E-state index is 9.30. The predicted molar refractivity (Wildman–Crippen MR) is 59.3 cm³/mol. The third kappa shape index (κ3) is 2.35. The molecule has 0 amide bonds. The summed E-state index contributed by atoms with van der Waals surface area (Å²) in [5.74, 6) is 0. The van der Waals surface area contributed by atoms with Gasteiger partial charge in [0.25, 0.3) is 0 Å². The van der Waals surface area contributed by atoms with E-state index >= 15 is 0 Å². The lowest BCUT2D eigenvalue weighted by atomic mass is 10.1. The number of aliphatic hydroxyl groups excluding tert-OH is 1. The first-order chi connectivity index (χ1) is 5.61. The van der Waals surface area contributed by atoms with E-state index in [1.807, 2.05) is 24.3 Å². The van der Waals surface area contributed by atoms with Crippen LogP contribution in [0.3, 0.4) is 0 Å². The Kier molecular flexibility index (Phi) is 3.34. The van der Waals surface area contributed by atoms with Crippen molar-refractivity contribution < 1.29 is 5.11 Å². The lowest BCUT2D eigenvalue weighted by molar-refractivity contribution is 0.197. The number of hydrogen-bond donors (Lipinski definition) is 2. The van der Waals surface area contributed by atoms with E-state index in [4.69, 9.17) is 5.73 Å². The molecule has 0 spiro atoms. The molecule has 0 saturated heterocycles. The average molecular weight is 277 g/mol. The van der Waals surface area contributed by atoms with Gasteiger partial charge in [-0.2, -0.15) is 0 Å². The molecule has 0 aliphatic carbocycles. The van der Waals surface area contributed by atoms with Crippen molar-refractivity contribution >= 4 is 28.3 Å². The smallest absolute Gasteiger partial charge is 0.0670 e. The molecule has 2 atom stereocenters. The summed E-state index contributed by atoms with van der Waals surface area (Å²) in [4.78, 5) is 0. The summed E-state index contributed by atoms with van der Waals surface area (Å²) in [5.41, 5.74) is 7.41. The van der Waals surface area contributed by atoms with Gasteiger partial charge in [0, 0.05) is 5.69 Å². The van der Waals surface area contributed by atoms with Crippen molar-refractivity contribution in [1.29, 1.82) is 0 Å². The molecule has 1 unspecified atom stereocenters. The number of alkyl halides is 1.